The van der Waals surface area contributed by atoms with Gasteiger partial charge in [-0.05, 0) is 98.4 Å². The van der Waals surface area contributed by atoms with Gasteiger partial charge in [0, 0.05) is 44.0 Å². The number of furan rings is 1. The van der Waals surface area contributed by atoms with Gasteiger partial charge in [0.05, 0.1) is 16.7 Å². The molecule has 1 aliphatic carbocycles. The van der Waals surface area contributed by atoms with Gasteiger partial charge in [-0.2, -0.15) is 0 Å². The molecule has 2 heterocycles. The van der Waals surface area contributed by atoms with Gasteiger partial charge < -0.3 is 13.9 Å². The van der Waals surface area contributed by atoms with Crippen LogP contribution in [0.3, 0.4) is 0 Å². The molecule has 0 saturated heterocycles. The Hall–Kier alpha value is -7.10. The van der Waals surface area contributed by atoms with Gasteiger partial charge in [-0.1, -0.05) is 141 Å². The molecule has 0 N–H and O–H groups in total. The third-order valence-corrected chi connectivity index (χ3v) is 12.3. The lowest BCUT2D eigenvalue weighted by Gasteiger charge is -2.28. The number of aromatic nitrogens is 1. The Balaban J connectivity index is 1.20. The summed E-state index contributed by atoms with van der Waals surface area (Å²) in [4.78, 5) is 2.44. The van der Waals surface area contributed by atoms with Gasteiger partial charge in [0.15, 0.2) is 5.58 Å². The number of para-hydroxylation sites is 2. The summed E-state index contributed by atoms with van der Waals surface area (Å²) in [6, 6.07) is 66.4. The summed E-state index contributed by atoms with van der Waals surface area (Å²) in [5.74, 6) is 0. The van der Waals surface area contributed by atoms with Crippen LogP contribution in [0, 0.1) is 0 Å². The highest BCUT2D eigenvalue weighted by Gasteiger charge is 2.36. The van der Waals surface area contributed by atoms with Crippen LogP contribution in [0.15, 0.2) is 186 Å². The van der Waals surface area contributed by atoms with Crippen molar-refractivity contribution in [3.8, 4) is 16.8 Å². The van der Waals surface area contributed by atoms with E-state index in [1.54, 1.807) is 0 Å². The largest absolute Gasteiger partial charge is 0.454 e. The minimum Gasteiger partial charge on any atom is -0.454 e. The van der Waals surface area contributed by atoms with Crippen molar-refractivity contribution in [2.75, 3.05) is 4.90 Å². The molecule has 3 nitrogen and oxygen atoms in total. The topological polar surface area (TPSA) is 21.3 Å². The summed E-state index contributed by atoms with van der Waals surface area (Å²) in [5.41, 5.74) is 13.6. The maximum absolute atomic E-state index is 7.09. The van der Waals surface area contributed by atoms with Crippen molar-refractivity contribution in [1.82, 2.24) is 4.57 Å². The molecule has 1 aliphatic rings. The zero-order valence-corrected chi connectivity index (χ0v) is 31.1. The first kappa shape index (κ1) is 31.3. The molecule has 0 amide bonds. The normalized spacial score (nSPS) is 13.3. The molecule has 0 unspecified atom stereocenters. The first-order valence-electron chi connectivity index (χ1n) is 19.4. The van der Waals surface area contributed by atoms with Crippen molar-refractivity contribution in [3.63, 3.8) is 0 Å². The number of rotatable bonds is 4. The Kier molecular flexibility index (Phi) is 6.40. The van der Waals surface area contributed by atoms with Gasteiger partial charge >= 0.3 is 0 Å². The monoisotopic (exact) mass is 716 g/mol. The molecule has 56 heavy (non-hydrogen) atoms. The highest BCUT2D eigenvalue weighted by atomic mass is 16.3. The standard InChI is InChI=1S/C53H36N2O/c1-53(2)44-22-12-10-20-40(44)41-27-25-36(31-45(41)53)54(37-26-28-43-42-21-11-13-23-46(42)55(47(43)32-37)35-16-4-3-5-17-35)48-30-34-15-7-9-19-39(34)51-50-38-18-8-6-14-33(38)24-29-49(50)56-52(48)51/h3-32H,1-2H3. The number of anilines is 3. The average Bonchev–Trinajstić information content (AvgIpc) is 3.88. The fraction of sp³-hybridized carbons (Fsp3) is 0.0566. The van der Waals surface area contributed by atoms with Crippen molar-refractivity contribution in [2.45, 2.75) is 19.3 Å². The van der Waals surface area contributed by atoms with E-state index in [0.717, 1.165) is 50.2 Å². The predicted octanol–water partition coefficient (Wildman–Crippen LogP) is 14.8. The first-order chi connectivity index (χ1) is 27.5. The summed E-state index contributed by atoms with van der Waals surface area (Å²) in [6.07, 6.45) is 0. The van der Waals surface area contributed by atoms with Crippen LogP contribution in [-0.4, -0.2) is 4.57 Å². The summed E-state index contributed by atoms with van der Waals surface area (Å²) >= 11 is 0. The lowest BCUT2D eigenvalue weighted by molar-refractivity contribution is 0.660. The molecular weight excluding hydrogens is 681 g/mol. The molecular formula is C53H36N2O. The zero-order chi connectivity index (χ0) is 37.1. The third-order valence-electron chi connectivity index (χ3n) is 12.3. The molecule has 3 heteroatoms. The van der Waals surface area contributed by atoms with E-state index < -0.39 is 0 Å². The van der Waals surface area contributed by atoms with E-state index in [4.69, 9.17) is 4.42 Å². The Bertz CT molecular complexity index is 3400. The fourth-order valence-corrected chi connectivity index (χ4v) is 9.75. The van der Waals surface area contributed by atoms with Crippen LogP contribution >= 0.6 is 0 Å². The zero-order valence-electron chi connectivity index (χ0n) is 31.1. The molecule has 264 valence electrons. The lowest BCUT2D eigenvalue weighted by atomic mass is 9.82. The van der Waals surface area contributed by atoms with Crippen LogP contribution in [0.5, 0.6) is 0 Å². The predicted molar refractivity (Wildman–Crippen MR) is 235 cm³/mol. The molecule has 0 spiro atoms. The maximum atomic E-state index is 7.09. The Morgan fingerprint density at radius 3 is 1.96 bits per heavy atom. The number of nitrogens with zero attached hydrogens (tertiary/aromatic N) is 2. The molecule has 9 aromatic carbocycles. The summed E-state index contributed by atoms with van der Waals surface area (Å²) in [6.45, 7) is 4.71. The van der Waals surface area contributed by atoms with Gasteiger partial charge in [-0.25, -0.2) is 0 Å². The van der Waals surface area contributed by atoms with Crippen LogP contribution in [0.25, 0.3) is 82.1 Å². The van der Waals surface area contributed by atoms with Gasteiger partial charge in [-0.15, -0.1) is 0 Å². The van der Waals surface area contributed by atoms with E-state index in [1.165, 1.54) is 60.1 Å². The van der Waals surface area contributed by atoms with Crippen molar-refractivity contribution in [2.24, 2.45) is 0 Å². The first-order valence-corrected chi connectivity index (χ1v) is 19.4. The minimum absolute atomic E-state index is 0.158. The number of benzene rings is 9. The number of hydrogen-bond donors (Lipinski definition) is 0. The lowest BCUT2D eigenvalue weighted by Crippen LogP contribution is -2.16. The second kappa shape index (κ2) is 11.5. The van der Waals surface area contributed by atoms with Crippen LogP contribution in [0.1, 0.15) is 25.0 Å². The van der Waals surface area contributed by atoms with E-state index in [1.807, 2.05) is 0 Å². The van der Waals surface area contributed by atoms with E-state index in [2.05, 4.69) is 205 Å². The van der Waals surface area contributed by atoms with Crippen LogP contribution in [0.4, 0.5) is 17.1 Å². The van der Waals surface area contributed by atoms with E-state index in [0.29, 0.717) is 0 Å². The van der Waals surface area contributed by atoms with Gasteiger partial charge in [0.1, 0.15) is 5.58 Å². The van der Waals surface area contributed by atoms with Gasteiger partial charge in [-0.3, -0.25) is 0 Å². The molecule has 0 atom stereocenters. The van der Waals surface area contributed by atoms with Crippen molar-refractivity contribution in [3.05, 3.63) is 193 Å². The van der Waals surface area contributed by atoms with Crippen LogP contribution in [0.2, 0.25) is 0 Å². The molecule has 0 radical (unpaired) electrons. The highest BCUT2D eigenvalue weighted by Crippen LogP contribution is 2.52. The van der Waals surface area contributed by atoms with Crippen LogP contribution in [-0.2, 0) is 5.41 Å². The SMILES string of the molecule is CC1(C)c2ccccc2-c2ccc(N(c3ccc4c5ccccc5n(-c5ccccc5)c4c3)c3cc4ccccc4c4c3oc3ccc5ccccc5c34)cc21. The molecule has 0 saturated carbocycles. The average molecular weight is 717 g/mol. The van der Waals surface area contributed by atoms with Crippen molar-refractivity contribution >= 4 is 82.4 Å². The number of hydrogen-bond acceptors (Lipinski definition) is 2. The molecule has 11 aromatic rings. The van der Waals surface area contributed by atoms with Gasteiger partial charge in [0.25, 0.3) is 0 Å². The smallest absolute Gasteiger partial charge is 0.160 e. The summed E-state index contributed by atoms with van der Waals surface area (Å²) < 4.78 is 9.49. The quantitative estimate of drug-likeness (QED) is 0.181. The molecule has 12 rings (SSSR count). The fourth-order valence-electron chi connectivity index (χ4n) is 9.75. The van der Waals surface area contributed by atoms with Gasteiger partial charge in [0.2, 0.25) is 0 Å². The third kappa shape index (κ3) is 4.28. The molecule has 0 bridgehead atoms. The van der Waals surface area contributed by atoms with Crippen molar-refractivity contribution < 1.29 is 4.42 Å². The molecule has 0 aliphatic heterocycles. The van der Waals surface area contributed by atoms with E-state index in [9.17, 15) is 0 Å². The Morgan fingerprint density at radius 1 is 0.464 bits per heavy atom. The molecule has 0 fully saturated rings. The molecule has 2 aromatic heterocycles. The highest BCUT2D eigenvalue weighted by molar-refractivity contribution is 6.29. The van der Waals surface area contributed by atoms with E-state index in [-0.39, 0.29) is 5.41 Å². The van der Waals surface area contributed by atoms with Crippen molar-refractivity contribution in [1.29, 1.82) is 0 Å². The number of fused-ring (bicyclic) bond motifs is 13. The Labute approximate surface area is 324 Å². The summed E-state index contributed by atoms with van der Waals surface area (Å²) in [5, 5.41) is 9.51. The maximum Gasteiger partial charge on any atom is 0.160 e. The minimum atomic E-state index is -0.158. The second-order valence-corrected chi connectivity index (χ2v) is 15.7. The Morgan fingerprint density at radius 2 is 1.11 bits per heavy atom. The summed E-state index contributed by atoms with van der Waals surface area (Å²) in [7, 11) is 0. The van der Waals surface area contributed by atoms with Crippen LogP contribution < -0.4 is 4.90 Å². The second-order valence-electron chi connectivity index (χ2n) is 15.7. The van der Waals surface area contributed by atoms with E-state index >= 15 is 0 Å².